The summed E-state index contributed by atoms with van der Waals surface area (Å²) in [6, 6.07) is 5.12. The van der Waals surface area contributed by atoms with Crippen molar-refractivity contribution < 1.29 is 107 Å². The molecule has 0 unspecified atom stereocenters. The number of pyridine rings is 2. The van der Waals surface area contributed by atoms with Gasteiger partial charge in [-0.25, -0.2) is 19.2 Å². The van der Waals surface area contributed by atoms with Crippen LogP contribution in [0.25, 0.3) is 33.8 Å². The molecule has 98 heavy (non-hydrogen) atoms. The van der Waals surface area contributed by atoms with Crippen LogP contribution in [-0.4, -0.2) is 227 Å². The predicted octanol–water partition coefficient (Wildman–Crippen LogP) is 0.340. The molecule has 17 N–H and O–H groups in total. The number of carboxylic acid groups (broad SMARTS) is 5. The highest BCUT2D eigenvalue weighted by atomic mass is 33.1. The second-order valence-corrected chi connectivity index (χ2v) is 24.8. The van der Waals surface area contributed by atoms with Crippen LogP contribution in [0, 0.1) is 12.3 Å². The van der Waals surface area contributed by atoms with Gasteiger partial charge in [0.05, 0.1) is 37.2 Å². The van der Waals surface area contributed by atoms with Crippen molar-refractivity contribution in [1.29, 1.82) is 5.41 Å². The molecule has 0 saturated carbocycles. The van der Waals surface area contributed by atoms with E-state index in [4.69, 9.17) is 30.2 Å². The molecule has 0 aliphatic heterocycles. The quantitative estimate of drug-likeness (QED) is 0.00936. The Balaban J connectivity index is 1.28. The minimum atomic E-state index is -2.17. The van der Waals surface area contributed by atoms with E-state index in [1.165, 1.54) is 11.9 Å². The molecule has 0 spiro atoms. The maximum absolute atomic E-state index is 13.9. The number of rotatable bonds is 41. The van der Waals surface area contributed by atoms with Crippen molar-refractivity contribution >= 4 is 105 Å². The number of likely N-dealkylation sites (N-methyl/N-ethyl adjacent to an activating group) is 1. The molecule has 0 bridgehead atoms. The van der Waals surface area contributed by atoms with E-state index in [1.807, 2.05) is 65.5 Å². The van der Waals surface area contributed by atoms with Crippen LogP contribution in [0.15, 0.2) is 67.0 Å². The van der Waals surface area contributed by atoms with Crippen LogP contribution in [0.2, 0.25) is 0 Å². The number of guanidine groups is 1. The molecular formula is C59H77N15O22S2. The number of H-pyrrole nitrogens is 1. The number of nitrogens with one attached hydrogen (secondary N) is 10. The number of nitrogens with two attached hydrogens (primary N) is 1. The second kappa shape index (κ2) is 39.9. The molecule has 4 aromatic rings. The van der Waals surface area contributed by atoms with Gasteiger partial charge in [-0.3, -0.25) is 68.5 Å². The van der Waals surface area contributed by atoms with Gasteiger partial charge in [0.25, 0.3) is 0 Å². The lowest BCUT2D eigenvalue weighted by Gasteiger charge is -2.26. The molecule has 6 atom stereocenters. The van der Waals surface area contributed by atoms with Gasteiger partial charge in [0.1, 0.15) is 66.5 Å². The largest absolute Gasteiger partial charge is 0.492 e. The zero-order chi connectivity index (χ0) is 72.6. The number of benzene rings is 1. The molecule has 37 nitrogen and oxygen atoms in total. The number of carbonyl (C=O) groups is 13. The van der Waals surface area contributed by atoms with Crippen molar-refractivity contribution in [2.45, 2.75) is 114 Å². The molecule has 39 heteroatoms. The van der Waals surface area contributed by atoms with Gasteiger partial charge in [0, 0.05) is 66.3 Å². The first-order valence-corrected chi connectivity index (χ1v) is 32.2. The number of aliphatic carboxylic acids is 5. The highest BCUT2D eigenvalue weighted by Gasteiger charge is 2.35. The second-order valence-electron chi connectivity index (χ2n) is 22.1. The van der Waals surface area contributed by atoms with Crippen molar-refractivity contribution in [3.8, 4) is 39.5 Å². The molecule has 3 aromatic heterocycles. The first-order valence-electron chi connectivity index (χ1n) is 29.7. The SMILES string of the molecule is Cc1cccc(-c2c[nH]nc2-c2ccnc(-c3ccc(OCCN(C)C(=O)OCCSSC[C@H](NC(=O)[C@H](CC(=O)O)NC(=O)[C@H](CC(=O)O)NC(=O)[C@H](CCCNC(=N)N)NC(=O)[C@H](CC(=O)O)NC(=O)CC[C@H](NC(=O)CONC(=O)OC(C)(C)C)C(=O)O)C(=O)O)cc3)c2)n1. The number of hydroxylamine groups is 1. The van der Waals surface area contributed by atoms with Gasteiger partial charge in [0.15, 0.2) is 12.6 Å². The first kappa shape index (κ1) is 79.6. The number of amides is 8. The summed E-state index contributed by atoms with van der Waals surface area (Å²) >= 11 is 0. The standard InChI is InChI=1S/C59H77N15O22S2/c1-31-8-6-9-36(65-31)35-28-64-72-49(35)33-17-19-62-39(24-33)32-11-13-34(14-12-32)93-21-20-74(5)58(92)94-22-23-97-98-30-43(55(89)90)71-53(86)42(27-48(81)82)70-52(85)41(26-47(79)80)69-50(83)37(10-7-18-63-56(60)61)68-51(84)40(25-46(77)78)67-44(75)16-15-38(54(87)88)66-45(76)29-95-73-57(91)96-59(2,3)4/h6,8-9,11-14,17,19,24,28,37-38,40-43H,7,10,15-16,18,20-23,25-27,29-30H2,1-5H3,(H,64,72)(H,66,76)(H,67,75)(H,68,84)(H,69,83)(H,70,85)(H,71,86)(H,73,91)(H,77,78)(H,79,80)(H,81,82)(H,87,88)(H,89,90)(H4,60,61,63)/t37-,38-,40-,41-,42-,43-/m0/s1. The van der Waals surface area contributed by atoms with E-state index in [-0.39, 0.29) is 44.2 Å². The molecule has 8 amide bonds. The molecule has 0 radical (unpaired) electrons. The number of hydrogen-bond donors (Lipinski definition) is 16. The average molecular weight is 1410 g/mol. The summed E-state index contributed by atoms with van der Waals surface area (Å²) in [5.74, 6) is -16.4. The fraction of sp³-hybridized carbons (Fsp3) is 0.441. The summed E-state index contributed by atoms with van der Waals surface area (Å²) in [5.41, 5.74) is 11.8. The Morgan fingerprint density at radius 1 is 0.684 bits per heavy atom. The van der Waals surface area contributed by atoms with E-state index < -0.39 is 170 Å². The topological polar surface area (TPSA) is 564 Å². The summed E-state index contributed by atoms with van der Waals surface area (Å²) < 4.78 is 16.1. The highest BCUT2D eigenvalue weighted by Crippen LogP contribution is 2.32. The van der Waals surface area contributed by atoms with E-state index in [1.54, 1.807) is 45.3 Å². The number of aromatic amines is 1. The van der Waals surface area contributed by atoms with Crippen LogP contribution in [0.3, 0.4) is 0 Å². The Morgan fingerprint density at radius 3 is 1.85 bits per heavy atom. The Morgan fingerprint density at radius 2 is 1.27 bits per heavy atom. The minimum absolute atomic E-state index is 0.101. The van der Waals surface area contributed by atoms with Gasteiger partial charge in [-0.15, -0.1) is 0 Å². The zero-order valence-electron chi connectivity index (χ0n) is 53.6. The molecule has 532 valence electrons. The molecule has 0 aliphatic rings. The minimum Gasteiger partial charge on any atom is -0.492 e. The summed E-state index contributed by atoms with van der Waals surface area (Å²) in [6.45, 7) is 5.61. The number of carboxylic acids is 5. The number of hydrogen-bond acceptors (Lipinski definition) is 23. The van der Waals surface area contributed by atoms with Gasteiger partial charge in [-0.2, -0.15) is 10.6 Å². The lowest BCUT2D eigenvalue weighted by Crippen LogP contribution is -2.59. The van der Waals surface area contributed by atoms with Crippen molar-refractivity contribution in [1.82, 2.24) is 67.8 Å². The number of aryl methyl sites for hydroxylation is 1. The van der Waals surface area contributed by atoms with Crippen LogP contribution < -0.4 is 53.2 Å². The summed E-state index contributed by atoms with van der Waals surface area (Å²) in [5, 5.41) is 78.4. The monoisotopic (exact) mass is 1410 g/mol. The van der Waals surface area contributed by atoms with Crippen LogP contribution >= 0.6 is 21.6 Å². The number of aromatic nitrogens is 4. The van der Waals surface area contributed by atoms with E-state index in [2.05, 4.69) is 46.7 Å². The molecule has 0 saturated heterocycles. The highest BCUT2D eigenvalue weighted by molar-refractivity contribution is 8.76. The van der Waals surface area contributed by atoms with Gasteiger partial charge < -0.3 is 87.6 Å². The van der Waals surface area contributed by atoms with Crippen LogP contribution in [0.5, 0.6) is 5.75 Å². The van der Waals surface area contributed by atoms with Gasteiger partial charge in [-0.05, 0) is 95.5 Å². The average Bonchev–Trinajstić information content (AvgIpc) is 1.57. The summed E-state index contributed by atoms with van der Waals surface area (Å²) in [7, 11) is 3.45. The Kier molecular flexibility index (Phi) is 32.4. The van der Waals surface area contributed by atoms with Crippen LogP contribution in [0.1, 0.15) is 71.4 Å². The predicted molar refractivity (Wildman–Crippen MR) is 347 cm³/mol. The van der Waals surface area contributed by atoms with Crippen LogP contribution in [0.4, 0.5) is 9.59 Å². The number of ether oxygens (including phenoxy) is 3. The van der Waals surface area contributed by atoms with E-state index in [9.17, 15) is 87.9 Å². The third-order valence-electron chi connectivity index (χ3n) is 13.0. The Labute approximate surface area is 566 Å². The summed E-state index contributed by atoms with van der Waals surface area (Å²) in [6.07, 6.45) is -3.86. The summed E-state index contributed by atoms with van der Waals surface area (Å²) in [4.78, 5) is 180. The third kappa shape index (κ3) is 29.4. The van der Waals surface area contributed by atoms with E-state index >= 15 is 0 Å². The molecule has 3 heterocycles. The third-order valence-corrected chi connectivity index (χ3v) is 15.4. The first-order chi connectivity index (χ1) is 46.3. The lowest BCUT2D eigenvalue weighted by atomic mass is 10.0. The van der Waals surface area contributed by atoms with Crippen molar-refractivity contribution in [2.24, 2.45) is 5.73 Å². The van der Waals surface area contributed by atoms with Gasteiger partial charge in [0.2, 0.25) is 35.4 Å². The number of nitrogens with zero attached hydrogens (tertiary/aromatic N) is 4. The Hall–Kier alpha value is -10.8. The fourth-order valence-corrected chi connectivity index (χ4v) is 10.4. The molecule has 0 fully saturated rings. The van der Waals surface area contributed by atoms with Gasteiger partial charge >= 0.3 is 42.0 Å². The zero-order valence-corrected chi connectivity index (χ0v) is 55.2. The molecule has 1 aromatic carbocycles. The van der Waals surface area contributed by atoms with Gasteiger partial charge in [-0.1, -0.05) is 27.7 Å². The molecule has 4 rings (SSSR count). The molecular weight excluding hydrogens is 1330 g/mol. The lowest BCUT2D eigenvalue weighted by molar-refractivity contribution is -0.145. The Bertz CT molecular complexity index is 3480. The van der Waals surface area contributed by atoms with Crippen LogP contribution in [-0.2, 0) is 67.1 Å². The molecule has 0 aliphatic carbocycles. The number of carbonyl (C=O) groups excluding carboxylic acids is 8. The normalized spacial score (nSPS) is 12.8. The smallest absolute Gasteiger partial charge is 0.431 e. The van der Waals surface area contributed by atoms with E-state index in [0.29, 0.717) is 11.4 Å². The maximum atomic E-state index is 13.9. The van der Waals surface area contributed by atoms with E-state index in [0.717, 1.165) is 55.4 Å². The van der Waals surface area contributed by atoms with Crippen molar-refractivity contribution in [3.63, 3.8) is 0 Å². The fourth-order valence-electron chi connectivity index (χ4n) is 8.40. The van der Waals surface area contributed by atoms with Crippen molar-refractivity contribution in [2.75, 3.05) is 51.5 Å². The maximum Gasteiger partial charge on any atom is 0.431 e. The van der Waals surface area contributed by atoms with Crippen molar-refractivity contribution in [3.05, 3.63) is 72.7 Å².